The van der Waals surface area contributed by atoms with Crippen LogP contribution in [0.2, 0.25) is 0 Å². The monoisotopic (exact) mass is 433 g/mol. The second kappa shape index (κ2) is 8.36. The Morgan fingerprint density at radius 1 is 1.22 bits per heavy atom. The van der Waals surface area contributed by atoms with Crippen molar-refractivity contribution < 1.29 is 14.3 Å². The Bertz CT molecular complexity index is 974. The first kappa shape index (κ1) is 21.7. The Morgan fingerprint density at radius 3 is 2.69 bits per heavy atom. The third kappa shape index (κ3) is 3.33. The van der Waals surface area contributed by atoms with E-state index in [0.717, 1.165) is 37.7 Å². The number of carbonyl (C=O) groups excluding carboxylic acids is 1. The lowest BCUT2D eigenvalue weighted by Crippen LogP contribution is -2.47. The second-order valence-corrected chi connectivity index (χ2v) is 10.2. The van der Waals surface area contributed by atoms with Crippen LogP contribution in [-0.2, 0) is 14.3 Å². The molecule has 5 aliphatic rings. The number of fused-ring (bicyclic) bond motifs is 5. The number of hydrogen-bond acceptors (Lipinski definition) is 4. The van der Waals surface area contributed by atoms with Crippen molar-refractivity contribution in [3.05, 3.63) is 47.1 Å². The van der Waals surface area contributed by atoms with E-state index in [2.05, 4.69) is 61.0 Å². The van der Waals surface area contributed by atoms with Crippen LogP contribution < -0.4 is 0 Å². The molecular weight excluding hydrogens is 398 g/mol. The van der Waals surface area contributed by atoms with Crippen LogP contribution >= 0.6 is 0 Å². The van der Waals surface area contributed by atoms with E-state index >= 15 is 0 Å². The van der Waals surface area contributed by atoms with E-state index in [-0.39, 0.29) is 24.0 Å². The molecule has 3 heterocycles. The molecule has 6 atom stereocenters. The van der Waals surface area contributed by atoms with Crippen LogP contribution in [0.15, 0.2) is 47.1 Å². The van der Waals surface area contributed by atoms with Crippen LogP contribution in [0.25, 0.3) is 0 Å². The maximum Gasteiger partial charge on any atom is 0.306 e. The molecule has 32 heavy (non-hydrogen) atoms. The molecule has 0 aromatic rings. The first-order valence-electron chi connectivity index (χ1n) is 12.3. The zero-order valence-corrected chi connectivity index (χ0v) is 19.8. The number of methoxy groups -OCH3 is 1. The smallest absolute Gasteiger partial charge is 0.306 e. The first-order chi connectivity index (χ1) is 15.5. The molecule has 0 radical (unpaired) electrons. The SMILES string of the molecule is CC=CC(OC)C1CCC2N1C1C=C(C#CC3=CC=C(C(C)C)CC3)C1C21CCC(=O)O1. The third-order valence-electron chi connectivity index (χ3n) is 8.29. The second-order valence-electron chi connectivity index (χ2n) is 10.2. The molecule has 0 aromatic carbocycles. The first-order valence-corrected chi connectivity index (χ1v) is 12.3. The van der Waals surface area contributed by atoms with E-state index in [4.69, 9.17) is 9.47 Å². The fourth-order valence-corrected chi connectivity index (χ4v) is 6.71. The highest BCUT2D eigenvalue weighted by Crippen LogP contribution is 2.59. The molecule has 4 nitrogen and oxygen atoms in total. The van der Waals surface area contributed by atoms with Gasteiger partial charge in [-0.05, 0) is 44.9 Å². The molecule has 4 heteroatoms. The van der Waals surface area contributed by atoms with Crippen molar-refractivity contribution in [3.8, 4) is 11.8 Å². The summed E-state index contributed by atoms with van der Waals surface area (Å²) in [6, 6.07) is 0.870. The summed E-state index contributed by atoms with van der Waals surface area (Å²) < 4.78 is 12.0. The van der Waals surface area contributed by atoms with Crippen LogP contribution in [-0.4, -0.2) is 47.8 Å². The average Bonchev–Trinajstić information content (AvgIpc) is 3.41. The molecule has 6 unspecified atom stereocenters. The number of carbonyl (C=O) groups is 1. The molecule has 3 fully saturated rings. The normalized spacial score (nSPS) is 36.8. The van der Waals surface area contributed by atoms with E-state index < -0.39 is 5.60 Å². The Kier molecular flexibility index (Phi) is 5.68. The Hall–Kier alpha value is -2.09. The molecule has 2 aliphatic carbocycles. The van der Waals surface area contributed by atoms with Crippen LogP contribution in [0.3, 0.4) is 0 Å². The number of esters is 1. The van der Waals surface area contributed by atoms with Crippen molar-refractivity contribution in [2.75, 3.05) is 7.11 Å². The zero-order chi connectivity index (χ0) is 22.5. The lowest BCUT2D eigenvalue weighted by Gasteiger charge is -2.40. The zero-order valence-electron chi connectivity index (χ0n) is 19.8. The minimum atomic E-state index is -0.408. The van der Waals surface area contributed by atoms with Gasteiger partial charge in [-0.25, -0.2) is 0 Å². The summed E-state index contributed by atoms with van der Waals surface area (Å²) in [6.07, 6.45) is 16.6. The number of rotatable bonds is 4. The molecule has 0 amide bonds. The molecule has 0 saturated carbocycles. The largest absolute Gasteiger partial charge is 0.457 e. The summed E-state index contributed by atoms with van der Waals surface area (Å²) in [5.74, 6) is 7.69. The molecule has 0 N–H and O–H groups in total. The van der Waals surface area contributed by atoms with Gasteiger partial charge in [-0.15, -0.1) is 0 Å². The van der Waals surface area contributed by atoms with E-state index in [1.165, 1.54) is 11.1 Å². The maximum atomic E-state index is 12.3. The van der Waals surface area contributed by atoms with Crippen molar-refractivity contribution in [1.29, 1.82) is 0 Å². The predicted octanol–water partition coefficient (Wildman–Crippen LogP) is 4.73. The van der Waals surface area contributed by atoms with Crippen LogP contribution in [0.5, 0.6) is 0 Å². The minimum Gasteiger partial charge on any atom is -0.457 e. The van der Waals surface area contributed by atoms with Gasteiger partial charge in [-0.2, -0.15) is 0 Å². The number of nitrogens with zero attached hydrogens (tertiary/aromatic N) is 1. The van der Waals surface area contributed by atoms with Crippen molar-refractivity contribution in [1.82, 2.24) is 4.90 Å². The molecule has 3 aliphatic heterocycles. The molecule has 3 saturated heterocycles. The van der Waals surface area contributed by atoms with Crippen molar-refractivity contribution in [2.45, 2.75) is 89.1 Å². The molecule has 5 rings (SSSR count). The molecule has 170 valence electrons. The van der Waals surface area contributed by atoms with Crippen molar-refractivity contribution >= 4 is 5.97 Å². The molecular formula is C28H35NO3. The predicted molar refractivity (Wildman–Crippen MR) is 126 cm³/mol. The van der Waals surface area contributed by atoms with Gasteiger partial charge in [0.2, 0.25) is 0 Å². The Balaban J connectivity index is 1.43. The maximum absolute atomic E-state index is 12.3. The van der Waals surface area contributed by atoms with Gasteiger partial charge in [0.25, 0.3) is 0 Å². The third-order valence-corrected chi connectivity index (χ3v) is 8.29. The lowest BCUT2D eigenvalue weighted by molar-refractivity contribution is -0.152. The van der Waals surface area contributed by atoms with Gasteiger partial charge in [0.15, 0.2) is 0 Å². The van der Waals surface area contributed by atoms with E-state index in [1.54, 1.807) is 7.11 Å². The van der Waals surface area contributed by atoms with Gasteiger partial charge in [-0.3, -0.25) is 9.69 Å². The highest BCUT2D eigenvalue weighted by molar-refractivity contribution is 5.73. The summed E-state index contributed by atoms with van der Waals surface area (Å²) in [5.41, 5.74) is 3.47. The molecule has 0 bridgehead atoms. The van der Waals surface area contributed by atoms with Gasteiger partial charge in [0.1, 0.15) is 5.60 Å². The summed E-state index contributed by atoms with van der Waals surface area (Å²) in [5, 5.41) is 0. The fourth-order valence-electron chi connectivity index (χ4n) is 6.71. The van der Waals surface area contributed by atoms with Gasteiger partial charge in [-0.1, -0.05) is 61.6 Å². The molecule has 1 spiro atoms. The number of ether oxygens (including phenoxy) is 2. The topological polar surface area (TPSA) is 38.8 Å². The van der Waals surface area contributed by atoms with E-state index in [1.807, 2.05) is 6.92 Å². The van der Waals surface area contributed by atoms with Crippen molar-refractivity contribution in [2.24, 2.45) is 11.8 Å². The Labute approximate surface area is 192 Å². The summed E-state index contributed by atoms with van der Waals surface area (Å²) in [6.45, 7) is 6.55. The van der Waals surface area contributed by atoms with E-state index in [9.17, 15) is 4.79 Å². The highest BCUT2D eigenvalue weighted by atomic mass is 16.6. The minimum absolute atomic E-state index is 0.0497. The standard InChI is InChI=1S/C28H35NO3/c1-5-6-24(31-4)22-13-14-25-28(16-15-26(30)32-28)27-21(17-23(27)29(22)25)12-9-19-7-10-20(11-8-19)18(2)3/h5-7,10,17-18,22-25,27H,8,11,13-16H2,1-4H3. The van der Waals surface area contributed by atoms with Crippen LogP contribution in [0.4, 0.5) is 0 Å². The van der Waals surface area contributed by atoms with Crippen LogP contribution in [0, 0.1) is 23.7 Å². The lowest BCUT2D eigenvalue weighted by atomic mass is 9.69. The Morgan fingerprint density at radius 2 is 2.06 bits per heavy atom. The summed E-state index contributed by atoms with van der Waals surface area (Å²) in [4.78, 5) is 14.9. The highest BCUT2D eigenvalue weighted by Gasteiger charge is 2.69. The molecule has 0 aromatic heterocycles. The van der Waals surface area contributed by atoms with Gasteiger partial charge in [0.05, 0.1) is 18.1 Å². The summed E-state index contributed by atoms with van der Waals surface area (Å²) >= 11 is 0. The average molecular weight is 434 g/mol. The number of hydrogen-bond donors (Lipinski definition) is 0. The van der Waals surface area contributed by atoms with Gasteiger partial charge in [0, 0.05) is 36.8 Å². The fraction of sp³-hybridized carbons (Fsp3) is 0.607. The summed E-state index contributed by atoms with van der Waals surface area (Å²) in [7, 11) is 1.79. The van der Waals surface area contributed by atoms with E-state index in [0.29, 0.717) is 24.4 Å². The van der Waals surface area contributed by atoms with Crippen LogP contribution in [0.1, 0.15) is 59.3 Å². The van der Waals surface area contributed by atoms with Crippen molar-refractivity contribution in [3.63, 3.8) is 0 Å². The number of allylic oxidation sites excluding steroid dienone is 5. The van der Waals surface area contributed by atoms with Gasteiger partial charge >= 0.3 is 5.97 Å². The quantitative estimate of drug-likeness (QED) is 0.365. The van der Waals surface area contributed by atoms with Gasteiger partial charge < -0.3 is 9.47 Å².